The van der Waals surface area contributed by atoms with Crippen molar-refractivity contribution >= 4 is 16.4 Å². The molecule has 0 aromatic heterocycles. The zero-order valence-electron chi connectivity index (χ0n) is 6.05. The van der Waals surface area contributed by atoms with Crippen LogP contribution in [0.4, 0.5) is 4.79 Å². The molecule has 9 heteroatoms. The fraction of sp³-hybridized carbons (Fsp3) is 0. The smallest absolute Gasteiger partial charge is 1.00 e. The van der Waals surface area contributed by atoms with Crippen molar-refractivity contribution in [1.82, 2.24) is 4.41 Å². The number of nitrogens with zero attached hydrogens (tertiary/aromatic N) is 1. The van der Waals surface area contributed by atoms with Crippen LogP contribution in [-0.4, -0.2) is 28.6 Å². The topological polar surface area (TPSA) is 121 Å². The Morgan fingerprint density at radius 2 is 1.90 bits per heavy atom. The first-order chi connectivity index (χ1) is 3.85. The van der Waals surface area contributed by atoms with E-state index in [1.165, 1.54) is 0 Å². The second-order valence-electron chi connectivity index (χ2n) is 1.06. The molecule has 4 N–H and O–H groups in total. The average Bonchev–Trinajstić information content (AvgIpc) is 1.62. The Balaban J connectivity index is -0.000000320. The third-order valence-corrected chi connectivity index (χ3v) is 1.09. The Morgan fingerprint density at radius 3 is 1.90 bits per heavy atom. The van der Waals surface area contributed by atoms with Crippen LogP contribution >= 0.6 is 0 Å². The summed E-state index contributed by atoms with van der Waals surface area (Å²) in [5.41, 5.74) is 0. The first-order valence-electron chi connectivity index (χ1n) is 1.61. The molecule has 0 rings (SSSR count). The summed E-state index contributed by atoms with van der Waals surface area (Å²) in [6.07, 6.45) is -1.95. The summed E-state index contributed by atoms with van der Waals surface area (Å²) in [6.45, 7) is 0. The predicted molar refractivity (Wildman–Crippen MR) is 26.7 cm³/mol. The number of rotatable bonds is 1. The van der Waals surface area contributed by atoms with E-state index in [0.29, 0.717) is 0 Å². The molecule has 0 saturated carbocycles. The Labute approximate surface area is 101 Å². The van der Waals surface area contributed by atoms with E-state index < -0.39 is 20.8 Å². The van der Waals surface area contributed by atoms with Crippen LogP contribution in [0.3, 0.4) is 0 Å². The molecule has 56 valence electrons. The number of amides is 1. The van der Waals surface area contributed by atoms with Gasteiger partial charge in [0.2, 0.25) is 0 Å². The summed E-state index contributed by atoms with van der Waals surface area (Å²) in [5, 5.41) is 7.78. The van der Waals surface area contributed by atoms with Crippen LogP contribution in [0.25, 0.3) is 0 Å². The molecule has 0 heterocycles. The van der Waals surface area contributed by atoms with Crippen LogP contribution in [0.1, 0.15) is 1.43 Å². The molecule has 0 fully saturated rings. The van der Waals surface area contributed by atoms with Gasteiger partial charge in [0.1, 0.15) is 0 Å². The molecule has 10 heavy (non-hydrogen) atoms. The van der Waals surface area contributed by atoms with Crippen molar-refractivity contribution in [2.75, 3.05) is 0 Å². The van der Waals surface area contributed by atoms with E-state index >= 15 is 0 Å². The largest absolute Gasteiger partial charge is 1.00 e. The van der Waals surface area contributed by atoms with Crippen molar-refractivity contribution in [2.24, 2.45) is 5.84 Å². The molecular formula is CH5KN2O5S. The van der Waals surface area contributed by atoms with Gasteiger partial charge in [-0.05, 0) is 0 Å². The maximum absolute atomic E-state index is 9.75. The third-order valence-electron chi connectivity index (χ3n) is 0.437. The first kappa shape index (κ1) is 13.4. The van der Waals surface area contributed by atoms with Gasteiger partial charge in [-0.15, -0.1) is 4.41 Å². The number of hydrazine groups is 1. The van der Waals surface area contributed by atoms with E-state index in [0.717, 1.165) is 0 Å². The first-order valence-corrected chi connectivity index (χ1v) is 3.00. The number of hydrogen-bond donors (Lipinski definition) is 3. The maximum atomic E-state index is 9.75. The van der Waals surface area contributed by atoms with Gasteiger partial charge >= 0.3 is 67.8 Å². The zero-order chi connectivity index (χ0) is 7.65. The molecule has 0 atom stereocenters. The monoisotopic (exact) mass is 196 g/mol. The summed E-state index contributed by atoms with van der Waals surface area (Å²) >= 11 is 0. The van der Waals surface area contributed by atoms with Gasteiger partial charge in [-0.25, -0.2) is 10.6 Å². The standard InChI is InChI=1S/CH4N2O5S.K.H/c2-3(1(4)5)9(6,7)8;;/h2H2,(H,4,5)(H,6,7,8);;/q;+1;-1. The van der Waals surface area contributed by atoms with E-state index in [9.17, 15) is 13.2 Å². The van der Waals surface area contributed by atoms with Crippen LogP contribution in [0.15, 0.2) is 0 Å². The fourth-order valence-electron chi connectivity index (χ4n) is 0.0987. The van der Waals surface area contributed by atoms with Crippen molar-refractivity contribution in [3.8, 4) is 0 Å². The minimum atomic E-state index is -4.79. The summed E-state index contributed by atoms with van der Waals surface area (Å²) < 4.78 is 26.6. The number of carbonyl (C=O) groups is 1. The normalized spacial score (nSPS) is 9.80. The number of carboxylic acid groups (broad SMARTS) is 1. The van der Waals surface area contributed by atoms with Crippen LogP contribution in [-0.2, 0) is 10.3 Å². The summed E-state index contributed by atoms with van der Waals surface area (Å²) in [4.78, 5) is 9.61. The second-order valence-corrected chi connectivity index (χ2v) is 2.35. The minimum Gasteiger partial charge on any atom is -1.00 e. The van der Waals surface area contributed by atoms with Crippen molar-refractivity contribution in [3.05, 3.63) is 0 Å². The van der Waals surface area contributed by atoms with Crippen LogP contribution in [0.5, 0.6) is 0 Å². The average molecular weight is 196 g/mol. The molecule has 0 unspecified atom stereocenters. The number of nitrogens with two attached hydrogens (primary N) is 1. The fourth-order valence-corrected chi connectivity index (χ4v) is 0.296. The molecule has 0 aliphatic carbocycles. The molecule has 0 bridgehead atoms. The molecule has 0 aromatic carbocycles. The van der Waals surface area contributed by atoms with Gasteiger partial charge in [0.15, 0.2) is 0 Å². The molecule has 0 saturated heterocycles. The van der Waals surface area contributed by atoms with Gasteiger partial charge in [0.05, 0.1) is 0 Å². The molecular weight excluding hydrogens is 191 g/mol. The second kappa shape index (κ2) is 4.61. The van der Waals surface area contributed by atoms with Gasteiger partial charge in [-0.2, -0.15) is 8.42 Å². The van der Waals surface area contributed by atoms with E-state index in [4.69, 9.17) is 9.66 Å². The summed E-state index contributed by atoms with van der Waals surface area (Å²) in [5.74, 6) is 4.29. The van der Waals surface area contributed by atoms with Crippen molar-refractivity contribution in [2.45, 2.75) is 0 Å². The minimum absolute atomic E-state index is 0. The Bertz CT molecular complexity index is 215. The van der Waals surface area contributed by atoms with Gasteiger partial charge < -0.3 is 6.53 Å². The molecule has 1 amide bonds. The van der Waals surface area contributed by atoms with Crippen molar-refractivity contribution in [1.29, 1.82) is 0 Å². The van der Waals surface area contributed by atoms with Gasteiger partial charge in [-0.3, -0.25) is 4.55 Å². The quantitative estimate of drug-likeness (QED) is 0.128. The van der Waals surface area contributed by atoms with Crippen molar-refractivity contribution < 1.29 is 75.7 Å². The molecule has 7 nitrogen and oxygen atoms in total. The van der Waals surface area contributed by atoms with E-state index in [1.807, 2.05) is 0 Å². The van der Waals surface area contributed by atoms with E-state index in [-0.39, 0.29) is 52.8 Å². The summed E-state index contributed by atoms with van der Waals surface area (Å²) in [6, 6.07) is 0. The molecule has 0 spiro atoms. The summed E-state index contributed by atoms with van der Waals surface area (Å²) in [7, 11) is -4.79. The Hall–Kier alpha value is 0.776. The van der Waals surface area contributed by atoms with Crippen LogP contribution in [0.2, 0.25) is 0 Å². The molecule has 0 aliphatic rings. The van der Waals surface area contributed by atoms with Gasteiger partial charge in [0.25, 0.3) is 0 Å². The maximum Gasteiger partial charge on any atom is 1.00 e. The predicted octanol–water partition coefficient (Wildman–Crippen LogP) is -4.24. The van der Waals surface area contributed by atoms with Crippen LogP contribution in [0, 0.1) is 0 Å². The van der Waals surface area contributed by atoms with Crippen molar-refractivity contribution in [3.63, 3.8) is 0 Å². The Morgan fingerprint density at radius 1 is 1.60 bits per heavy atom. The van der Waals surface area contributed by atoms with Gasteiger partial charge in [0, 0.05) is 0 Å². The van der Waals surface area contributed by atoms with Crippen LogP contribution < -0.4 is 57.2 Å². The zero-order valence-corrected chi connectivity index (χ0v) is 8.99. The van der Waals surface area contributed by atoms with E-state index in [1.54, 1.807) is 0 Å². The van der Waals surface area contributed by atoms with E-state index in [2.05, 4.69) is 5.84 Å². The third kappa shape index (κ3) is 4.57. The molecule has 0 aliphatic heterocycles. The molecule has 0 aromatic rings. The number of hydrogen-bond acceptors (Lipinski definition) is 4. The Kier molecular flexibility index (Phi) is 6.17. The molecule has 0 radical (unpaired) electrons. The SMILES string of the molecule is NN(C(=O)O)S(=O)(=O)O.[H-].[K+]. The van der Waals surface area contributed by atoms with Gasteiger partial charge in [-0.1, -0.05) is 0 Å².